The number of carbonyl (C=O) groups is 1. The third kappa shape index (κ3) is 2.98. The van der Waals surface area contributed by atoms with E-state index in [1.165, 1.54) is 0 Å². The van der Waals surface area contributed by atoms with Crippen molar-refractivity contribution in [1.82, 2.24) is 5.32 Å². The molecule has 2 aromatic rings. The first-order chi connectivity index (χ1) is 10.1. The molecule has 0 aromatic heterocycles. The van der Waals surface area contributed by atoms with E-state index in [1.54, 1.807) is 14.2 Å². The predicted molar refractivity (Wildman–Crippen MR) is 85.2 cm³/mol. The maximum atomic E-state index is 12.4. The molecule has 0 heterocycles. The third-order valence-corrected chi connectivity index (χ3v) is 3.77. The van der Waals surface area contributed by atoms with Gasteiger partial charge < -0.3 is 10.1 Å². The summed E-state index contributed by atoms with van der Waals surface area (Å²) in [7, 11) is 3.27. The topological polar surface area (TPSA) is 38.3 Å². The molecule has 0 spiro atoms. The van der Waals surface area contributed by atoms with Gasteiger partial charge in [-0.15, -0.1) is 0 Å². The minimum absolute atomic E-state index is 0.0484. The highest BCUT2D eigenvalue weighted by Crippen LogP contribution is 2.33. The number of likely N-dealkylation sites (N-methyl/N-ethyl adjacent to an activating group) is 1. The molecule has 3 heteroatoms. The highest BCUT2D eigenvalue weighted by Gasteiger charge is 2.36. The Labute approximate surface area is 126 Å². The Hall–Kier alpha value is -2.13. The van der Waals surface area contributed by atoms with Crippen molar-refractivity contribution in [3.05, 3.63) is 60.2 Å². The van der Waals surface area contributed by atoms with E-state index in [1.807, 2.05) is 49.4 Å². The molecule has 1 unspecified atom stereocenters. The molecule has 2 aromatic carbocycles. The molecular formula is C18H21NO2. The number of carbonyl (C=O) groups excluding carboxylic acids is 1. The standard InChI is InChI=1S/C18H21NO2/c1-18(13-21-3,17(20)19-2)16-12-8-7-11-15(16)14-9-5-4-6-10-14/h4-12H,13H2,1-3H3,(H,19,20). The van der Waals surface area contributed by atoms with Gasteiger partial charge in [0.15, 0.2) is 0 Å². The van der Waals surface area contributed by atoms with E-state index in [-0.39, 0.29) is 5.91 Å². The second kappa shape index (κ2) is 6.55. The molecule has 0 fully saturated rings. The van der Waals surface area contributed by atoms with Crippen LogP contribution in [0.15, 0.2) is 54.6 Å². The lowest BCUT2D eigenvalue weighted by atomic mass is 9.78. The molecule has 1 atom stereocenters. The van der Waals surface area contributed by atoms with Gasteiger partial charge in [-0.05, 0) is 23.6 Å². The minimum atomic E-state index is -0.726. The highest BCUT2D eigenvalue weighted by atomic mass is 16.5. The van der Waals surface area contributed by atoms with E-state index < -0.39 is 5.41 Å². The zero-order valence-electron chi connectivity index (χ0n) is 12.7. The smallest absolute Gasteiger partial charge is 0.232 e. The summed E-state index contributed by atoms with van der Waals surface area (Å²) in [5.41, 5.74) is 2.40. The van der Waals surface area contributed by atoms with Gasteiger partial charge in [-0.25, -0.2) is 0 Å². The van der Waals surface area contributed by atoms with Crippen LogP contribution in [0, 0.1) is 0 Å². The van der Waals surface area contributed by atoms with Crippen LogP contribution in [-0.4, -0.2) is 26.7 Å². The summed E-state index contributed by atoms with van der Waals surface area (Å²) in [6, 6.07) is 18.1. The fourth-order valence-electron chi connectivity index (χ4n) is 2.66. The van der Waals surface area contributed by atoms with Crippen LogP contribution in [0.25, 0.3) is 11.1 Å². The number of methoxy groups -OCH3 is 1. The summed E-state index contributed by atoms with van der Waals surface area (Å²) in [6.07, 6.45) is 0. The Morgan fingerprint density at radius 3 is 2.33 bits per heavy atom. The summed E-state index contributed by atoms with van der Waals surface area (Å²) >= 11 is 0. The molecule has 0 aliphatic rings. The molecule has 3 nitrogen and oxygen atoms in total. The van der Waals surface area contributed by atoms with Crippen molar-refractivity contribution in [2.45, 2.75) is 12.3 Å². The molecule has 1 N–H and O–H groups in total. The van der Waals surface area contributed by atoms with Gasteiger partial charge in [0.2, 0.25) is 5.91 Å². The molecule has 110 valence electrons. The minimum Gasteiger partial charge on any atom is -0.383 e. The van der Waals surface area contributed by atoms with E-state index in [4.69, 9.17) is 4.74 Å². The molecule has 0 aliphatic carbocycles. The molecule has 0 saturated heterocycles. The lowest BCUT2D eigenvalue weighted by Gasteiger charge is -2.29. The lowest BCUT2D eigenvalue weighted by molar-refractivity contribution is -0.127. The number of ether oxygens (including phenoxy) is 1. The first-order valence-corrected chi connectivity index (χ1v) is 6.99. The molecule has 0 saturated carbocycles. The van der Waals surface area contributed by atoms with Crippen LogP contribution < -0.4 is 5.32 Å². The van der Waals surface area contributed by atoms with Gasteiger partial charge >= 0.3 is 0 Å². The van der Waals surface area contributed by atoms with Gasteiger partial charge in [0.05, 0.1) is 12.0 Å². The second-order valence-corrected chi connectivity index (χ2v) is 5.26. The molecule has 0 radical (unpaired) electrons. The highest BCUT2D eigenvalue weighted by molar-refractivity contribution is 5.90. The molecule has 1 amide bonds. The average Bonchev–Trinajstić information content (AvgIpc) is 2.55. The maximum absolute atomic E-state index is 12.4. The summed E-state index contributed by atoms with van der Waals surface area (Å²) in [5, 5.41) is 2.75. The zero-order chi connectivity index (χ0) is 15.3. The Morgan fingerprint density at radius 1 is 1.10 bits per heavy atom. The fourth-order valence-corrected chi connectivity index (χ4v) is 2.66. The molecule has 2 rings (SSSR count). The van der Waals surface area contributed by atoms with Crippen LogP contribution in [-0.2, 0) is 14.9 Å². The first kappa shape index (κ1) is 15.3. The van der Waals surface area contributed by atoms with Crippen molar-refractivity contribution in [2.75, 3.05) is 20.8 Å². The number of nitrogens with one attached hydrogen (secondary N) is 1. The second-order valence-electron chi connectivity index (χ2n) is 5.26. The van der Waals surface area contributed by atoms with E-state index in [0.717, 1.165) is 16.7 Å². The van der Waals surface area contributed by atoms with Crippen LogP contribution in [0.3, 0.4) is 0 Å². The number of amides is 1. The van der Waals surface area contributed by atoms with Gasteiger partial charge in [0.1, 0.15) is 0 Å². The summed E-state index contributed by atoms with van der Waals surface area (Å²) in [4.78, 5) is 12.4. The van der Waals surface area contributed by atoms with Crippen molar-refractivity contribution in [2.24, 2.45) is 0 Å². The van der Waals surface area contributed by atoms with Crippen molar-refractivity contribution >= 4 is 5.91 Å². The predicted octanol–water partition coefficient (Wildman–Crippen LogP) is 3.00. The Morgan fingerprint density at radius 2 is 1.71 bits per heavy atom. The number of benzene rings is 2. The molecule has 0 aliphatic heterocycles. The lowest BCUT2D eigenvalue weighted by Crippen LogP contribution is -2.44. The van der Waals surface area contributed by atoms with Crippen molar-refractivity contribution in [3.8, 4) is 11.1 Å². The largest absolute Gasteiger partial charge is 0.383 e. The van der Waals surface area contributed by atoms with Crippen LogP contribution in [0.4, 0.5) is 0 Å². The van der Waals surface area contributed by atoms with Crippen LogP contribution in [0.1, 0.15) is 12.5 Å². The molecule has 0 bridgehead atoms. The van der Waals surface area contributed by atoms with E-state index in [0.29, 0.717) is 6.61 Å². The zero-order valence-corrected chi connectivity index (χ0v) is 12.7. The normalized spacial score (nSPS) is 13.5. The number of rotatable bonds is 5. The third-order valence-electron chi connectivity index (χ3n) is 3.77. The first-order valence-electron chi connectivity index (χ1n) is 6.99. The summed E-state index contributed by atoms with van der Waals surface area (Å²) < 4.78 is 5.31. The molecular weight excluding hydrogens is 262 g/mol. The van der Waals surface area contributed by atoms with Crippen LogP contribution in [0.2, 0.25) is 0 Å². The van der Waals surface area contributed by atoms with Gasteiger partial charge in [-0.2, -0.15) is 0 Å². The average molecular weight is 283 g/mol. The van der Waals surface area contributed by atoms with Crippen LogP contribution in [0.5, 0.6) is 0 Å². The molecule has 21 heavy (non-hydrogen) atoms. The fraction of sp³-hybridized carbons (Fsp3) is 0.278. The van der Waals surface area contributed by atoms with Gasteiger partial charge in [0.25, 0.3) is 0 Å². The van der Waals surface area contributed by atoms with Gasteiger partial charge in [-0.1, -0.05) is 54.6 Å². The number of hydrogen-bond donors (Lipinski definition) is 1. The van der Waals surface area contributed by atoms with Crippen molar-refractivity contribution < 1.29 is 9.53 Å². The van der Waals surface area contributed by atoms with E-state index >= 15 is 0 Å². The monoisotopic (exact) mass is 283 g/mol. The Bertz CT molecular complexity index is 610. The van der Waals surface area contributed by atoms with E-state index in [2.05, 4.69) is 17.4 Å². The number of hydrogen-bond acceptors (Lipinski definition) is 2. The quantitative estimate of drug-likeness (QED) is 0.916. The Balaban J connectivity index is 2.60. The van der Waals surface area contributed by atoms with Crippen LogP contribution >= 0.6 is 0 Å². The van der Waals surface area contributed by atoms with E-state index in [9.17, 15) is 4.79 Å². The van der Waals surface area contributed by atoms with Crippen molar-refractivity contribution in [1.29, 1.82) is 0 Å². The Kier molecular flexibility index (Phi) is 4.76. The van der Waals surface area contributed by atoms with Gasteiger partial charge in [0, 0.05) is 14.2 Å². The maximum Gasteiger partial charge on any atom is 0.232 e. The van der Waals surface area contributed by atoms with Crippen molar-refractivity contribution in [3.63, 3.8) is 0 Å². The van der Waals surface area contributed by atoms with Gasteiger partial charge in [-0.3, -0.25) is 4.79 Å². The SMILES string of the molecule is CNC(=O)C(C)(COC)c1ccccc1-c1ccccc1. The summed E-state index contributed by atoms with van der Waals surface area (Å²) in [5.74, 6) is -0.0484. The summed E-state index contributed by atoms with van der Waals surface area (Å²) in [6.45, 7) is 2.24.